The van der Waals surface area contributed by atoms with Crippen LogP contribution < -0.4 is 9.64 Å². The number of fused-ring (bicyclic) bond motifs is 3. The Hall–Kier alpha value is -2.09. The molecule has 1 aromatic rings. The Morgan fingerprint density at radius 1 is 1.33 bits per heavy atom. The van der Waals surface area contributed by atoms with Crippen LogP contribution in [0.1, 0.15) is 37.7 Å². The number of nitrogens with zero attached hydrogens (tertiary/aromatic N) is 3. The van der Waals surface area contributed by atoms with Crippen molar-refractivity contribution >= 4 is 11.7 Å². The number of alkyl halides is 1. The van der Waals surface area contributed by atoms with Gasteiger partial charge < -0.3 is 4.74 Å². The third-order valence-electron chi connectivity index (χ3n) is 3.92. The Morgan fingerprint density at radius 2 is 2.19 bits per heavy atom. The fraction of sp³-hybridized carbons (Fsp3) is 0.500. The first-order valence-electron chi connectivity index (χ1n) is 7.45. The van der Waals surface area contributed by atoms with Gasteiger partial charge in [-0.3, -0.25) is 9.29 Å². The molecule has 5 heteroatoms. The molecule has 0 saturated carbocycles. The van der Waals surface area contributed by atoms with Crippen LogP contribution >= 0.6 is 0 Å². The highest BCUT2D eigenvalue weighted by molar-refractivity contribution is 6.01. The van der Waals surface area contributed by atoms with Crippen LogP contribution in [-0.4, -0.2) is 25.3 Å². The summed E-state index contributed by atoms with van der Waals surface area (Å²) in [5, 5.41) is 8.90. The van der Waals surface area contributed by atoms with Crippen LogP contribution in [0.25, 0.3) is 0 Å². The van der Waals surface area contributed by atoms with Crippen LogP contribution in [0.2, 0.25) is 0 Å². The van der Waals surface area contributed by atoms with Crippen LogP contribution in [0.15, 0.2) is 23.2 Å². The van der Waals surface area contributed by atoms with Crippen molar-refractivity contribution < 1.29 is 9.13 Å². The van der Waals surface area contributed by atoms with Gasteiger partial charge in [0.15, 0.2) is 5.75 Å². The number of aliphatic imine (C=N–C) groups is 1. The molecule has 0 spiro atoms. The molecule has 0 unspecified atom stereocenters. The lowest BCUT2D eigenvalue weighted by atomic mass is 10.1. The van der Waals surface area contributed by atoms with Crippen LogP contribution in [0, 0.1) is 11.3 Å². The third kappa shape index (κ3) is 2.85. The minimum absolute atomic E-state index is 0.213. The van der Waals surface area contributed by atoms with E-state index in [4.69, 9.17) is 10.00 Å². The number of unbranched alkanes of at least 4 members (excludes halogenated alkanes) is 3. The number of benzene rings is 1. The average Bonchev–Trinajstić information content (AvgIpc) is 3.03. The van der Waals surface area contributed by atoms with Gasteiger partial charge in [0.2, 0.25) is 0 Å². The van der Waals surface area contributed by atoms with Gasteiger partial charge in [-0.2, -0.15) is 5.26 Å². The number of anilines is 1. The van der Waals surface area contributed by atoms with E-state index in [1.54, 1.807) is 12.1 Å². The van der Waals surface area contributed by atoms with E-state index in [-0.39, 0.29) is 12.7 Å². The molecule has 0 bridgehead atoms. The Balaban J connectivity index is 1.56. The zero-order valence-corrected chi connectivity index (χ0v) is 11.9. The minimum Gasteiger partial charge on any atom is -0.423 e. The van der Waals surface area contributed by atoms with Crippen molar-refractivity contribution in [3.8, 4) is 11.8 Å². The molecule has 0 N–H and O–H groups in total. The summed E-state index contributed by atoms with van der Waals surface area (Å²) in [5.74, 6) is 0.717. The minimum atomic E-state index is -0.213. The number of ether oxygens (including phenoxy) is 1. The molecule has 1 atom stereocenters. The molecule has 0 radical (unpaired) electrons. The second-order valence-electron chi connectivity index (χ2n) is 5.46. The number of hydrogen-bond acceptors (Lipinski definition) is 4. The lowest BCUT2D eigenvalue weighted by Gasteiger charge is -2.12. The van der Waals surface area contributed by atoms with Crippen molar-refractivity contribution in [3.05, 3.63) is 23.8 Å². The summed E-state index contributed by atoms with van der Waals surface area (Å²) in [4.78, 5) is 6.67. The molecule has 3 rings (SSSR count). The molecule has 2 aliphatic heterocycles. The van der Waals surface area contributed by atoms with Crippen molar-refractivity contribution in [2.45, 2.75) is 38.1 Å². The van der Waals surface area contributed by atoms with E-state index in [0.29, 0.717) is 23.8 Å². The second kappa shape index (κ2) is 6.13. The highest BCUT2D eigenvalue weighted by Gasteiger charge is 2.35. The monoisotopic (exact) mass is 287 g/mol. The highest BCUT2D eigenvalue weighted by Crippen LogP contribution is 2.38. The first-order chi connectivity index (χ1) is 10.3. The quantitative estimate of drug-likeness (QED) is 0.753. The molecule has 0 aliphatic carbocycles. The number of nitriles is 1. The van der Waals surface area contributed by atoms with Crippen LogP contribution in [0.5, 0.6) is 5.75 Å². The number of rotatable bonds is 6. The first-order valence-corrected chi connectivity index (χ1v) is 7.45. The van der Waals surface area contributed by atoms with Gasteiger partial charge >= 0.3 is 0 Å². The largest absolute Gasteiger partial charge is 0.423 e. The van der Waals surface area contributed by atoms with Crippen molar-refractivity contribution in [2.75, 3.05) is 18.1 Å². The van der Waals surface area contributed by atoms with Gasteiger partial charge in [-0.05, 0) is 25.0 Å². The zero-order chi connectivity index (χ0) is 14.7. The zero-order valence-electron chi connectivity index (χ0n) is 11.9. The van der Waals surface area contributed by atoms with Gasteiger partial charge in [0.05, 0.1) is 36.6 Å². The van der Waals surface area contributed by atoms with E-state index >= 15 is 0 Å². The van der Waals surface area contributed by atoms with E-state index in [0.717, 1.165) is 37.9 Å². The topological polar surface area (TPSA) is 48.6 Å². The summed E-state index contributed by atoms with van der Waals surface area (Å²) in [5.41, 5.74) is 1.59. The summed E-state index contributed by atoms with van der Waals surface area (Å²) in [6, 6.07) is 8.49. The Morgan fingerprint density at radius 3 is 3.00 bits per heavy atom. The van der Waals surface area contributed by atoms with Crippen molar-refractivity contribution in [1.29, 1.82) is 5.26 Å². The molecular weight excluding hydrogens is 269 g/mol. The van der Waals surface area contributed by atoms with E-state index in [1.165, 1.54) is 0 Å². The SMILES string of the molecule is N#Cc1ccc2c(c1)OC1=N[C@H](CCCCCCF)CN12. The van der Waals surface area contributed by atoms with E-state index in [9.17, 15) is 4.39 Å². The van der Waals surface area contributed by atoms with E-state index < -0.39 is 0 Å². The first kappa shape index (κ1) is 13.9. The van der Waals surface area contributed by atoms with Crippen LogP contribution in [-0.2, 0) is 0 Å². The maximum atomic E-state index is 12.0. The van der Waals surface area contributed by atoms with E-state index in [2.05, 4.69) is 16.0 Å². The average molecular weight is 287 g/mol. The molecule has 110 valence electrons. The lowest BCUT2D eigenvalue weighted by molar-refractivity contribution is 0.448. The van der Waals surface area contributed by atoms with Crippen molar-refractivity contribution in [3.63, 3.8) is 0 Å². The van der Waals surface area contributed by atoms with Crippen molar-refractivity contribution in [1.82, 2.24) is 0 Å². The fourth-order valence-corrected chi connectivity index (χ4v) is 2.81. The number of amidine groups is 1. The normalized spacial score (nSPS) is 18.8. The molecule has 0 saturated heterocycles. The standard InChI is InChI=1S/C16H18FN3O/c17-8-4-2-1-3-5-13-11-20-14-7-6-12(10-18)9-15(14)21-16(20)19-13/h6-7,9,13H,1-5,8,11H2/t13-/m1/s1. The van der Waals surface area contributed by atoms with Gasteiger partial charge in [0.1, 0.15) is 0 Å². The van der Waals surface area contributed by atoms with Gasteiger partial charge in [0, 0.05) is 6.07 Å². The van der Waals surface area contributed by atoms with Crippen LogP contribution in [0.4, 0.5) is 10.1 Å². The lowest BCUT2D eigenvalue weighted by Crippen LogP contribution is -2.26. The molecule has 0 fully saturated rings. The Kier molecular flexibility index (Phi) is 4.05. The molecule has 21 heavy (non-hydrogen) atoms. The fourth-order valence-electron chi connectivity index (χ4n) is 2.81. The van der Waals surface area contributed by atoms with Gasteiger partial charge in [-0.15, -0.1) is 0 Å². The second-order valence-corrected chi connectivity index (χ2v) is 5.46. The summed E-state index contributed by atoms with van der Waals surface area (Å²) < 4.78 is 17.7. The summed E-state index contributed by atoms with van der Waals surface area (Å²) in [7, 11) is 0. The van der Waals surface area contributed by atoms with Gasteiger partial charge in [-0.1, -0.05) is 19.3 Å². The summed E-state index contributed by atoms with van der Waals surface area (Å²) in [6.07, 6.45) is 4.79. The maximum Gasteiger partial charge on any atom is 0.298 e. The molecule has 4 nitrogen and oxygen atoms in total. The van der Waals surface area contributed by atoms with Gasteiger partial charge in [-0.25, -0.2) is 4.99 Å². The highest BCUT2D eigenvalue weighted by atomic mass is 19.1. The predicted molar refractivity (Wildman–Crippen MR) is 79.4 cm³/mol. The third-order valence-corrected chi connectivity index (χ3v) is 3.92. The Labute approximate surface area is 123 Å². The van der Waals surface area contributed by atoms with Gasteiger partial charge in [0.25, 0.3) is 6.02 Å². The van der Waals surface area contributed by atoms with Crippen molar-refractivity contribution in [2.24, 2.45) is 4.99 Å². The number of halogens is 1. The molecule has 2 aliphatic rings. The summed E-state index contributed by atoms with van der Waals surface area (Å²) in [6.45, 7) is 0.617. The number of hydrogen-bond donors (Lipinski definition) is 0. The van der Waals surface area contributed by atoms with E-state index in [1.807, 2.05) is 6.07 Å². The predicted octanol–water partition coefficient (Wildman–Crippen LogP) is 3.42. The molecular formula is C16H18FN3O. The maximum absolute atomic E-state index is 12.0. The molecule has 0 aromatic heterocycles. The smallest absolute Gasteiger partial charge is 0.298 e. The Bertz CT molecular complexity index is 594. The van der Waals surface area contributed by atoms with Crippen LogP contribution in [0.3, 0.4) is 0 Å². The molecule has 0 amide bonds. The molecule has 2 heterocycles. The molecule has 1 aromatic carbocycles. The summed E-state index contributed by atoms with van der Waals surface area (Å²) >= 11 is 0.